The lowest BCUT2D eigenvalue weighted by molar-refractivity contribution is 0.0947. The van der Waals surface area contributed by atoms with E-state index in [-0.39, 0.29) is 5.91 Å². The van der Waals surface area contributed by atoms with Gasteiger partial charge in [-0.2, -0.15) is 0 Å². The SMILES string of the molecule is COc1ccc(CNC(=O)c2cccnc2Sc2cc(C)ccc2C)cc1OC. The number of hydrogen-bond donors (Lipinski definition) is 1. The molecule has 0 aliphatic heterocycles. The Morgan fingerprint density at radius 1 is 1.03 bits per heavy atom. The van der Waals surface area contributed by atoms with Crippen molar-refractivity contribution in [2.24, 2.45) is 0 Å². The first kappa shape index (κ1) is 20.7. The van der Waals surface area contributed by atoms with Crippen LogP contribution in [0.1, 0.15) is 27.0 Å². The van der Waals surface area contributed by atoms with E-state index in [1.807, 2.05) is 18.2 Å². The summed E-state index contributed by atoms with van der Waals surface area (Å²) in [5, 5.41) is 3.65. The van der Waals surface area contributed by atoms with E-state index in [9.17, 15) is 4.79 Å². The summed E-state index contributed by atoms with van der Waals surface area (Å²) in [5.74, 6) is 1.12. The molecule has 150 valence electrons. The molecule has 0 radical (unpaired) electrons. The van der Waals surface area contributed by atoms with Crippen molar-refractivity contribution < 1.29 is 14.3 Å². The average molecular weight is 409 g/mol. The summed E-state index contributed by atoms with van der Waals surface area (Å²) in [6.07, 6.45) is 1.71. The quantitative estimate of drug-likeness (QED) is 0.609. The molecular weight excluding hydrogens is 384 g/mol. The van der Waals surface area contributed by atoms with Crippen LogP contribution >= 0.6 is 11.8 Å². The van der Waals surface area contributed by atoms with Gasteiger partial charge in [0.15, 0.2) is 11.5 Å². The maximum Gasteiger partial charge on any atom is 0.254 e. The van der Waals surface area contributed by atoms with Gasteiger partial charge in [0.25, 0.3) is 5.91 Å². The van der Waals surface area contributed by atoms with E-state index in [0.29, 0.717) is 28.6 Å². The molecule has 2 aromatic carbocycles. The average Bonchev–Trinajstić information content (AvgIpc) is 2.74. The van der Waals surface area contributed by atoms with Crippen LogP contribution in [-0.2, 0) is 6.54 Å². The lowest BCUT2D eigenvalue weighted by Crippen LogP contribution is -2.23. The van der Waals surface area contributed by atoms with Crippen LogP contribution in [0.15, 0.2) is 64.6 Å². The van der Waals surface area contributed by atoms with E-state index >= 15 is 0 Å². The number of amides is 1. The highest BCUT2D eigenvalue weighted by atomic mass is 32.2. The molecular formula is C23H24N2O3S. The van der Waals surface area contributed by atoms with Crippen molar-refractivity contribution in [2.75, 3.05) is 14.2 Å². The standard InChI is InChI=1S/C23H24N2O3S/c1-15-7-8-16(2)21(12-15)29-23-18(6-5-11-24-23)22(26)25-14-17-9-10-19(27-3)20(13-17)28-4/h5-13H,14H2,1-4H3,(H,25,26). The number of rotatable bonds is 7. The molecule has 0 aliphatic carbocycles. The maximum absolute atomic E-state index is 12.8. The molecule has 0 saturated carbocycles. The Morgan fingerprint density at radius 3 is 2.59 bits per heavy atom. The highest BCUT2D eigenvalue weighted by Crippen LogP contribution is 2.32. The largest absolute Gasteiger partial charge is 0.493 e. The monoisotopic (exact) mass is 408 g/mol. The molecule has 0 atom stereocenters. The van der Waals surface area contributed by atoms with Gasteiger partial charge in [0.1, 0.15) is 5.03 Å². The molecule has 29 heavy (non-hydrogen) atoms. The molecule has 3 aromatic rings. The smallest absolute Gasteiger partial charge is 0.254 e. The Balaban J connectivity index is 1.76. The second-order valence-corrected chi connectivity index (χ2v) is 7.63. The van der Waals surface area contributed by atoms with Crippen LogP contribution in [0.4, 0.5) is 0 Å². The number of nitrogens with zero attached hydrogens (tertiary/aromatic N) is 1. The van der Waals surface area contributed by atoms with E-state index in [0.717, 1.165) is 16.0 Å². The topological polar surface area (TPSA) is 60.5 Å². The fourth-order valence-electron chi connectivity index (χ4n) is 2.83. The number of methoxy groups -OCH3 is 2. The Bertz CT molecular complexity index is 1020. The number of pyridine rings is 1. The first-order chi connectivity index (χ1) is 14.0. The summed E-state index contributed by atoms with van der Waals surface area (Å²) in [6.45, 7) is 4.49. The minimum Gasteiger partial charge on any atom is -0.493 e. The van der Waals surface area contributed by atoms with Crippen LogP contribution in [0, 0.1) is 13.8 Å². The number of hydrogen-bond acceptors (Lipinski definition) is 5. The van der Waals surface area contributed by atoms with E-state index in [4.69, 9.17) is 9.47 Å². The number of carbonyl (C=O) groups is 1. The molecule has 0 unspecified atom stereocenters. The van der Waals surface area contributed by atoms with Crippen molar-refractivity contribution in [3.63, 3.8) is 0 Å². The van der Waals surface area contributed by atoms with Crippen molar-refractivity contribution in [3.8, 4) is 11.5 Å². The highest BCUT2D eigenvalue weighted by molar-refractivity contribution is 7.99. The maximum atomic E-state index is 12.8. The number of ether oxygens (including phenoxy) is 2. The molecule has 0 fully saturated rings. The second-order valence-electron chi connectivity index (χ2n) is 6.60. The van der Waals surface area contributed by atoms with Gasteiger partial charge in [-0.15, -0.1) is 0 Å². The van der Waals surface area contributed by atoms with E-state index in [1.165, 1.54) is 17.3 Å². The zero-order chi connectivity index (χ0) is 20.8. The first-order valence-electron chi connectivity index (χ1n) is 9.21. The van der Waals surface area contributed by atoms with Gasteiger partial charge in [0.05, 0.1) is 19.8 Å². The Kier molecular flexibility index (Phi) is 6.77. The molecule has 6 heteroatoms. The van der Waals surface area contributed by atoms with E-state index in [1.54, 1.807) is 32.5 Å². The number of nitrogens with one attached hydrogen (secondary N) is 1. The van der Waals surface area contributed by atoms with Crippen molar-refractivity contribution in [3.05, 3.63) is 77.0 Å². The van der Waals surface area contributed by atoms with Crippen molar-refractivity contribution in [1.82, 2.24) is 10.3 Å². The zero-order valence-electron chi connectivity index (χ0n) is 17.0. The minimum atomic E-state index is -0.166. The van der Waals surface area contributed by atoms with Crippen LogP contribution in [0.5, 0.6) is 11.5 Å². The van der Waals surface area contributed by atoms with Gasteiger partial charge in [0.2, 0.25) is 0 Å². The fourth-order valence-corrected chi connectivity index (χ4v) is 3.90. The summed E-state index contributed by atoms with van der Waals surface area (Å²) in [5.41, 5.74) is 3.80. The third-order valence-corrected chi connectivity index (χ3v) is 5.65. The number of benzene rings is 2. The van der Waals surface area contributed by atoms with E-state index < -0.39 is 0 Å². The molecule has 3 rings (SSSR count). The summed E-state index contributed by atoms with van der Waals surface area (Å²) < 4.78 is 10.6. The number of aromatic nitrogens is 1. The molecule has 1 amide bonds. The number of aryl methyl sites for hydroxylation is 2. The Morgan fingerprint density at radius 2 is 1.83 bits per heavy atom. The lowest BCUT2D eigenvalue weighted by Gasteiger charge is -2.12. The van der Waals surface area contributed by atoms with Gasteiger partial charge in [-0.05, 0) is 60.9 Å². The first-order valence-corrected chi connectivity index (χ1v) is 10.0. The fraction of sp³-hybridized carbons (Fsp3) is 0.217. The molecule has 0 saturated heterocycles. The predicted octanol–water partition coefficient (Wildman–Crippen LogP) is 4.80. The van der Waals surface area contributed by atoms with Gasteiger partial charge in [-0.25, -0.2) is 4.98 Å². The third-order valence-electron chi connectivity index (χ3n) is 4.47. The highest BCUT2D eigenvalue weighted by Gasteiger charge is 2.15. The molecule has 0 aliphatic rings. The van der Waals surface area contributed by atoms with Crippen LogP contribution in [-0.4, -0.2) is 25.1 Å². The normalized spacial score (nSPS) is 10.5. The van der Waals surface area contributed by atoms with Crippen LogP contribution in [0.25, 0.3) is 0 Å². The summed E-state index contributed by atoms with van der Waals surface area (Å²) >= 11 is 1.51. The van der Waals surface area contributed by atoms with Crippen molar-refractivity contribution in [2.45, 2.75) is 30.3 Å². The molecule has 5 nitrogen and oxygen atoms in total. The van der Waals surface area contributed by atoms with Crippen LogP contribution in [0.2, 0.25) is 0 Å². The van der Waals surface area contributed by atoms with Crippen LogP contribution < -0.4 is 14.8 Å². The zero-order valence-corrected chi connectivity index (χ0v) is 17.8. The molecule has 1 aromatic heterocycles. The number of carbonyl (C=O) groups excluding carboxylic acids is 1. The molecule has 0 spiro atoms. The van der Waals surface area contributed by atoms with Crippen LogP contribution in [0.3, 0.4) is 0 Å². The molecule has 1 N–H and O–H groups in total. The predicted molar refractivity (Wildman–Crippen MR) is 115 cm³/mol. The van der Waals surface area contributed by atoms with Gasteiger partial charge in [-0.1, -0.05) is 30.0 Å². The summed E-state index contributed by atoms with van der Waals surface area (Å²) in [4.78, 5) is 18.4. The molecule has 0 bridgehead atoms. The van der Waals surface area contributed by atoms with Gasteiger partial charge in [-0.3, -0.25) is 4.79 Å². The van der Waals surface area contributed by atoms with Gasteiger partial charge in [0, 0.05) is 17.6 Å². The summed E-state index contributed by atoms with van der Waals surface area (Å²) in [7, 11) is 3.18. The van der Waals surface area contributed by atoms with Gasteiger partial charge < -0.3 is 14.8 Å². The molecule has 1 heterocycles. The summed E-state index contributed by atoms with van der Waals surface area (Å²) in [6, 6.07) is 15.4. The second kappa shape index (κ2) is 9.47. The Hall–Kier alpha value is -2.99. The third kappa shape index (κ3) is 5.09. The lowest BCUT2D eigenvalue weighted by atomic mass is 10.2. The van der Waals surface area contributed by atoms with Crippen molar-refractivity contribution in [1.29, 1.82) is 0 Å². The Labute approximate surface area is 175 Å². The van der Waals surface area contributed by atoms with Gasteiger partial charge >= 0.3 is 0 Å². The van der Waals surface area contributed by atoms with Crippen molar-refractivity contribution >= 4 is 17.7 Å². The van der Waals surface area contributed by atoms with E-state index in [2.05, 4.69) is 42.3 Å². The minimum absolute atomic E-state index is 0.166.